The third-order valence-corrected chi connectivity index (χ3v) is 1.28. The molecule has 0 fully saturated rings. The quantitative estimate of drug-likeness (QED) is 0.662. The standard InChI is InChI=1S/C6H11Cl2NO/c1-4(2)3-9-6(10)5(7)8/h4-5H,3H2,1-2H3,(H,9,10). The number of rotatable bonds is 3. The number of amides is 1. The Hall–Kier alpha value is 0.0500. The van der Waals surface area contributed by atoms with E-state index in [-0.39, 0.29) is 5.91 Å². The molecule has 0 unspecified atom stereocenters. The Labute approximate surface area is 70.9 Å². The van der Waals surface area contributed by atoms with Gasteiger partial charge in [-0.3, -0.25) is 4.79 Å². The van der Waals surface area contributed by atoms with Gasteiger partial charge in [-0.2, -0.15) is 0 Å². The second-order valence-corrected chi connectivity index (χ2v) is 3.54. The molecular formula is C6H11Cl2NO. The van der Waals surface area contributed by atoms with Crippen molar-refractivity contribution in [2.75, 3.05) is 6.54 Å². The van der Waals surface area contributed by atoms with Crippen molar-refractivity contribution in [1.29, 1.82) is 0 Å². The van der Waals surface area contributed by atoms with Gasteiger partial charge >= 0.3 is 0 Å². The molecule has 10 heavy (non-hydrogen) atoms. The molecule has 0 aliphatic carbocycles. The summed E-state index contributed by atoms with van der Waals surface area (Å²) in [5.41, 5.74) is 0. The highest BCUT2D eigenvalue weighted by molar-refractivity contribution is 6.53. The maximum atomic E-state index is 10.7. The number of hydrogen-bond donors (Lipinski definition) is 1. The second-order valence-electron chi connectivity index (χ2n) is 2.44. The molecule has 0 rings (SSSR count). The SMILES string of the molecule is CC(C)CNC(=O)C(Cl)Cl. The first-order valence-corrected chi connectivity index (χ1v) is 3.97. The number of nitrogens with one attached hydrogen (secondary N) is 1. The van der Waals surface area contributed by atoms with Crippen LogP contribution >= 0.6 is 23.2 Å². The number of halogens is 2. The lowest BCUT2D eigenvalue weighted by Crippen LogP contribution is -2.31. The van der Waals surface area contributed by atoms with Crippen molar-refractivity contribution in [2.45, 2.75) is 18.7 Å². The van der Waals surface area contributed by atoms with Gasteiger partial charge in [0.15, 0.2) is 4.84 Å². The molecule has 0 bridgehead atoms. The van der Waals surface area contributed by atoms with Crippen LogP contribution < -0.4 is 5.32 Å². The molecule has 0 aliphatic heterocycles. The third-order valence-electron chi connectivity index (χ3n) is 0.883. The van der Waals surface area contributed by atoms with Crippen LogP contribution in [0, 0.1) is 5.92 Å². The van der Waals surface area contributed by atoms with Gasteiger partial charge in [-0.05, 0) is 5.92 Å². The Bertz CT molecular complexity index is 114. The number of carbonyl (C=O) groups is 1. The van der Waals surface area contributed by atoms with Crippen molar-refractivity contribution < 1.29 is 4.79 Å². The minimum absolute atomic E-state index is 0.322. The van der Waals surface area contributed by atoms with Crippen LogP contribution in [0.1, 0.15) is 13.8 Å². The van der Waals surface area contributed by atoms with Gasteiger partial charge in [-0.1, -0.05) is 37.0 Å². The summed E-state index contributed by atoms with van der Waals surface area (Å²) in [4.78, 5) is 9.73. The smallest absolute Gasteiger partial charge is 0.253 e. The van der Waals surface area contributed by atoms with Gasteiger partial charge in [0.05, 0.1) is 0 Å². The van der Waals surface area contributed by atoms with Gasteiger partial charge < -0.3 is 5.32 Å². The molecule has 1 amide bonds. The van der Waals surface area contributed by atoms with Gasteiger partial charge in [-0.15, -0.1) is 0 Å². The molecule has 0 spiro atoms. The van der Waals surface area contributed by atoms with Crippen LogP contribution in [0.2, 0.25) is 0 Å². The summed E-state index contributed by atoms with van der Waals surface area (Å²) in [6, 6.07) is 0. The fraction of sp³-hybridized carbons (Fsp3) is 0.833. The van der Waals surface area contributed by atoms with Crippen molar-refractivity contribution in [2.24, 2.45) is 5.92 Å². The average molecular weight is 184 g/mol. The van der Waals surface area contributed by atoms with E-state index in [1.807, 2.05) is 13.8 Å². The third kappa shape index (κ3) is 4.89. The molecule has 0 aromatic rings. The molecule has 60 valence electrons. The van der Waals surface area contributed by atoms with Crippen LogP contribution in [0.3, 0.4) is 0 Å². The van der Waals surface area contributed by atoms with E-state index in [4.69, 9.17) is 23.2 Å². The number of alkyl halides is 2. The van der Waals surface area contributed by atoms with Crippen LogP contribution in [-0.4, -0.2) is 17.3 Å². The molecule has 0 aromatic carbocycles. The molecule has 0 heterocycles. The van der Waals surface area contributed by atoms with Crippen LogP contribution in [0.25, 0.3) is 0 Å². The summed E-state index contributed by atoms with van der Waals surface area (Å²) in [5, 5.41) is 2.58. The Morgan fingerprint density at radius 1 is 1.50 bits per heavy atom. The van der Waals surface area contributed by atoms with Gasteiger partial charge in [0.25, 0.3) is 5.91 Å². The fourth-order valence-corrected chi connectivity index (χ4v) is 0.536. The van der Waals surface area contributed by atoms with E-state index in [2.05, 4.69) is 5.32 Å². The number of carbonyl (C=O) groups excluding carboxylic acids is 1. The predicted molar refractivity (Wildman–Crippen MR) is 43.3 cm³/mol. The lowest BCUT2D eigenvalue weighted by Gasteiger charge is -2.06. The van der Waals surface area contributed by atoms with Crippen LogP contribution in [0.4, 0.5) is 0 Å². The van der Waals surface area contributed by atoms with Crippen LogP contribution in [0.5, 0.6) is 0 Å². The van der Waals surface area contributed by atoms with E-state index in [1.165, 1.54) is 0 Å². The lowest BCUT2D eigenvalue weighted by molar-refractivity contribution is -0.119. The molecule has 0 saturated heterocycles. The molecule has 1 N–H and O–H groups in total. The van der Waals surface area contributed by atoms with Gasteiger partial charge in [-0.25, -0.2) is 0 Å². The van der Waals surface area contributed by atoms with Crippen molar-refractivity contribution in [3.05, 3.63) is 0 Å². The van der Waals surface area contributed by atoms with Gasteiger partial charge in [0.2, 0.25) is 0 Å². The fourth-order valence-electron chi connectivity index (χ4n) is 0.382. The number of hydrogen-bond acceptors (Lipinski definition) is 1. The maximum Gasteiger partial charge on any atom is 0.253 e. The Morgan fingerprint density at radius 3 is 2.30 bits per heavy atom. The monoisotopic (exact) mass is 183 g/mol. The molecule has 4 heteroatoms. The summed E-state index contributed by atoms with van der Waals surface area (Å²) in [5.74, 6) is 0.105. The van der Waals surface area contributed by atoms with Crippen LogP contribution in [-0.2, 0) is 4.79 Å². The topological polar surface area (TPSA) is 29.1 Å². The Kier molecular flexibility index (Phi) is 4.83. The van der Waals surface area contributed by atoms with Crippen molar-refractivity contribution in [1.82, 2.24) is 5.32 Å². The Balaban J connectivity index is 3.40. The van der Waals surface area contributed by atoms with Crippen molar-refractivity contribution >= 4 is 29.1 Å². The summed E-state index contributed by atoms with van der Waals surface area (Å²) >= 11 is 10.5. The highest BCUT2D eigenvalue weighted by atomic mass is 35.5. The molecule has 0 atom stereocenters. The first-order chi connectivity index (χ1) is 4.54. The van der Waals surface area contributed by atoms with Gasteiger partial charge in [0, 0.05) is 6.54 Å². The zero-order valence-corrected chi connectivity index (χ0v) is 7.54. The zero-order valence-electron chi connectivity index (χ0n) is 6.03. The van der Waals surface area contributed by atoms with Gasteiger partial charge in [0.1, 0.15) is 0 Å². The zero-order chi connectivity index (χ0) is 8.15. The van der Waals surface area contributed by atoms with Crippen LogP contribution in [0.15, 0.2) is 0 Å². The molecular weight excluding hydrogens is 173 g/mol. The predicted octanol–water partition coefficient (Wildman–Crippen LogP) is 1.56. The largest absolute Gasteiger partial charge is 0.353 e. The first-order valence-electron chi connectivity index (χ1n) is 3.10. The summed E-state index contributed by atoms with van der Waals surface area (Å²) in [6.07, 6.45) is 0. The molecule has 2 nitrogen and oxygen atoms in total. The van der Waals surface area contributed by atoms with E-state index in [0.29, 0.717) is 12.5 Å². The average Bonchev–Trinajstić information content (AvgIpc) is 1.82. The normalized spacial score (nSPS) is 10.6. The summed E-state index contributed by atoms with van der Waals surface area (Å²) in [6.45, 7) is 4.62. The molecule has 0 aromatic heterocycles. The molecule has 0 saturated carbocycles. The second kappa shape index (κ2) is 4.80. The van der Waals surface area contributed by atoms with E-state index in [9.17, 15) is 4.79 Å². The highest BCUT2D eigenvalue weighted by Crippen LogP contribution is 2.00. The minimum Gasteiger partial charge on any atom is -0.353 e. The molecule has 0 radical (unpaired) electrons. The Morgan fingerprint density at radius 2 is 2.00 bits per heavy atom. The summed E-state index contributed by atoms with van der Waals surface area (Å²) in [7, 11) is 0. The van der Waals surface area contributed by atoms with E-state index >= 15 is 0 Å². The van der Waals surface area contributed by atoms with E-state index < -0.39 is 4.84 Å². The van der Waals surface area contributed by atoms with E-state index in [1.54, 1.807) is 0 Å². The lowest BCUT2D eigenvalue weighted by atomic mass is 10.2. The first kappa shape index (κ1) is 10.0. The molecule has 0 aliphatic rings. The summed E-state index contributed by atoms with van der Waals surface area (Å²) < 4.78 is 0. The van der Waals surface area contributed by atoms with Crippen molar-refractivity contribution in [3.8, 4) is 0 Å². The highest BCUT2D eigenvalue weighted by Gasteiger charge is 2.09. The maximum absolute atomic E-state index is 10.7. The van der Waals surface area contributed by atoms with Crippen molar-refractivity contribution in [3.63, 3.8) is 0 Å². The van der Waals surface area contributed by atoms with E-state index in [0.717, 1.165) is 0 Å². The minimum atomic E-state index is -0.946.